The van der Waals surface area contributed by atoms with Crippen molar-refractivity contribution in [3.8, 4) is 0 Å². The fourth-order valence-electron chi connectivity index (χ4n) is 4.89. The Morgan fingerprint density at radius 1 is 1.37 bits per heavy atom. The number of carbonyl (C=O) groups excluding carboxylic acids is 1. The van der Waals surface area contributed by atoms with Crippen molar-refractivity contribution in [3.63, 3.8) is 0 Å². The number of hydrogen-bond acceptors (Lipinski definition) is 4. The predicted molar refractivity (Wildman–Crippen MR) is 110 cm³/mol. The third kappa shape index (κ3) is 4.14. The van der Waals surface area contributed by atoms with E-state index in [0.29, 0.717) is 12.5 Å². The molecule has 148 valence electrons. The van der Waals surface area contributed by atoms with Crippen molar-refractivity contribution < 1.29 is 4.79 Å². The third-order valence-corrected chi connectivity index (χ3v) is 7.25. The maximum atomic E-state index is 11.8. The summed E-state index contributed by atoms with van der Waals surface area (Å²) in [5, 5.41) is 8.86. The van der Waals surface area contributed by atoms with Crippen molar-refractivity contribution in [2.45, 2.75) is 38.1 Å². The van der Waals surface area contributed by atoms with Crippen molar-refractivity contribution >= 4 is 23.2 Å². The van der Waals surface area contributed by atoms with Gasteiger partial charge < -0.3 is 15.5 Å². The summed E-state index contributed by atoms with van der Waals surface area (Å²) in [5.74, 6) is 1.18. The van der Waals surface area contributed by atoms with Gasteiger partial charge in [0.05, 0.1) is 6.04 Å². The SMILES string of the molecule is CN=C(NCC(c1cccs1)N1CCCC1)N1CCCC2(CNC(=O)C2)C1. The average molecular weight is 390 g/mol. The average Bonchev–Trinajstić information content (AvgIpc) is 3.43. The monoisotopic (exact) mass is 389 g/mol. The van der Waals surface area contributed by atoms with Crippen LogP contribution in [0, 0.1) is 5.41 Å². The lowest BCUT2D eigenvalue weighted by Gasteiger charge is -2.41. The van der Waals surface area contributed by atoms with Crippen molar-refractivity contribution in [2.24, 2.45) is 10.4 Å². The number of carbonyl (C=O) groups is 1. The smallest absolute Gasteiger partial charge is 0.220 e. The van der Waals surface area contributed by atoms with Crippen LogP contribution >= 0.6 is 11.3 Å². The van der Waals surface area contributed by atoms with Crippen LogP contribution < -0.4 is 10.6 Å². The van der Waals surface area contributed by atoms with E-state index in [-0.39, 0.29) is 11.3 Å². The van der Waals surface area contributed by atoms with E-state index in [1.165, 1.54) is 30.8 Å². The maximum Gasteiger partial charge on any atom is 0.220 e. The number of guanidine groups is 1. The highest BCUT2D eigenvalue weighted by Gasteiger charge is 2.42. The fraction of sp³-hybridized carbons (Fsp3) is 0.700. The second kappa shape index (κ2) is 8.19. The van der Waals surface area contributed by atoms with Gasteiger partial charge in [-0.25, -0.2) is 0 Å². The van der Waals surface area contributed by atoms with Crippen molar-refractivity contribution in [2.75, 3.05) is 46.3 Å². The number of hydrogen-bond donors (Lipinski definition) is 2. The molecule has 3 saturated heterocycles. The first-order valence-corrected chi connectivity index (χ1v) is 11.1. The number of likely N-dealkylation sites (tertiary alicyclic amines) is 2. The molecule has 6 nitrogen and oxygen atoms in total. The molecule has 1 aromatic heterocycles. The van der Waals surface area contributed by atoms with E-state index >= 15 is 0 Å². The zero-order chi connectivity index (χ0) is 18.7. The highest BCUT2D eigenvalue weighted by Crippen LogP contribution is 2.36. The summed E-state index contributed by atoms with van der Waals surface area (Å²) in [7, 11) is 1.87. The van der Waals surface area contributed by atoms with E-state index in [1.807, 2.05) is 18.4 Å². The van der Waals surface area contributed by atoms with Crippen LogP contribution in [0.1, 0.15) is 43.0 Å². The Hall–Kier alpha value is -1.60. The van der Waals surface area contributed by atoms with Crippen molar-refractivity contribution in [1.29, 1.82) is 0 Å². The molecule has 0 aliphatic carbocycles. The Morgan fingerprint density at radius 2 is 2.22 bits per heavy atom. The van der Waals surface area contributed by atoms with Gasteiger partial charge in [-0.1, -0.05) is 6.07 Å². The first-order chi connectivity index (χ1) is 13.2. The van der Waals surface area contributed by atoms with Gasteiger partial charge in [0.25, 0.3) is 0 Å². The molecular weight excluding hydrogens is 358 g/mol. The van der Waals surface area contributed by atoms with Gasteiger partial charge >= 0.3 is 0 Å². The molecule has 1 aromatic rings. The van der Waals surface area contributed by atoms with Gasteiger partial charge in [0.15, 0.2) is 5.96 Å². The minimum Gasteiger partial charge on any atom is -0.355 e. The van der Waals surface area contributed by atoms with Gasteiger partial charge in [-0.2, -0.15) is 0 Å². The molecule has 3 aliphatic heterocycles. The molecule has 7 heteroatoms. The molecule has 0 bridgehead atoms. The van der Waals surface area contributed by atoms with Crippen molar-refractivity contribution in [3.05, 3.63) is 22.4 Å². The molecule has 0 radical (unpaired) electrons. The van der Waals surface area contributed by atoms with Crippen LogP contribution in [0.5, 0.6) is 0 Å². The number of amides is 1. The molecule has 2 N–H and O–H groups in total. The number of nitrogens with one attached hydrogen (secondary N) is 2. The van der Waals surface area contributed by atoms with E-state index in [0.717, 1.165) is 45.0 Å². The first kappa shape index (κ1) is 18.7. The van der Waals surface area contributed by atoms with Crippen LogP contribution in [0.25, 0.3) is 0 Å². The van der Waals surface area contributed by atoms with Gasteiger partial charge in [-0.3, -0.25) is 14.7 Å². The summed E-state index contributed by atoms with van der Waals surface area (Å²) in [6.45, 7) is 5.99. The second-order valence-electron chi connectivity index (χ2n) is 8.18. The zero-order valence-corrected chi connectivity index (χ0v) is 17.1. The summed E-state index contributed by atoms with van der Waals surface area (Å²) in [6, 6.07) is 4.82. The summed E-state index contributed by atoms with van der Waals surface area (Å²) in [5.41, 5.74) is 0.0923. The number of piperidine rings is 1. The molecule has 3 aliphatic rings. The van der Waals surface area contributed by atoms with E-state index < -0.39 is 0 Å². The molecule has 0 aromatic carbocycles. The quantitative estimate of drug-likeness (QED) is 0.611. The molecule has 1 amide bonds. The zero-order valence-electron chi connectivity index (χ0n) is 16.2. The highest BCUT2D eigenvalue weighted by molar-refractivity contribution is 7.10. The topological polar surface area (TPSA) is 60.0 Å². The van der Waals surface area contributed by atoms with Gasteiger partial charge in [-0.05, 0) is 50.2 Å². The number of rotatable bonds is 4. The molecule has 3 fully saturated rings. The normalized spacial score (nSPS) is 28.0. The summed E-state index contributed by atoms with van der Waals surface area (Å²) in [4.78, 5) is 22.7. The largest absolute Gasteiger partial charge is 0.355 e. The van der Waals surface area contributed by atoms with Gasteiger partial charge in [0, 0.05) is 49.9 Å². The van der Waals surface area contributed by atoms with Gasteiger partial charge in [-0.15, -0.1) is 11.3 Å². The second-order valence-corrected chi connectivity index (χ2v) is 9.16. The molecule has 1 spiro atoms. The minimum atomic E-state index is 0.0923. The Bertz CT molecular complexity index is 670. The Labute approximate surface area is 166 Å². The molecule has 2 unspecified atom stereocenters. The summed E-state index contributed by atoms with van der Waals surface area (Å²) in [6.07, 6.45) is 5.51. The van der Waals surface area contributed by atoms with Gasteiger partial charge in [0.2, 0.25) is 5.91 Å². The van der Waals surface area contributed by atoms with Crippen LogP contribution in [0.4, 0.5) is 0 Å². The van der Waals surface area contributed by atoms with E-state index in [4.69, 9.17) is 0 Å². The lowest BCUT2D eigenvalue weighted by atomic mass is 9.79. The third-order valence-electron chi connectivity index (χ3n) is 6.28. The van der Waals surface area contributed by atoms with Crippen LogP contribution in [-0.4, -0.2) is 68.0 Å². The Kier molecular flexibility index (Phi) is 5.68. The van der Waals surface area contributed by atoms with Gasteiger partial charge in [0.1, 0.15) is 0 Å². The van der Waals surface area contributed by atoms with Crippen molar-refractivity contribution in [1.82, 2.24) is 20.4 Å². The lowest BCUT2D eigenvalue weighted by Crippen LogP contribution is -2.52. The van der Waals surface area contributed by atoms with Crippen LogP contribution in [-0.2, 0) is 4.79 Å². The first-order valence-electron chi connectivity index (χ1n) is 10.2. The van der Waals surface area contributed by atoms with E-state index in [9.17, 15) is 4.79 Å². The van der Waals surface area contributed by atoms with Crippen LogP contribution in [0.2, 0.25) is 0 Å². The molecule has 0 saturated carbocycles. The molecule has 2 atom stereocenters. The molecule has 4 rings (SSSR count). The lowest BCUT2D eigenvalue weighted by molar-refractivity contribution is -0.119. The number of nitrogens with zero attached hydrogens (tertiary/aromatic N) is 3. The number of thiophene rings is 1. The standard InChI is InChI=1S/C20H31N5OS/c1-21-19(25-10-5-7-20(15-25)12-18(26)23-14-20)22-13-16(17-6-4-11-27-17)24-8-2-3-9-24/h4,6,11,16H,2-3,5,7-10,12-15H2,1H3,(H,21,22)(H,23,26). The highest BCUT2D eigenvalue weighted by atomic mass is 32.1. The molecule has 4 heterocycles. The Balaban J connectivity index is 1.41. The summed E-state index contributed by atoms with van der Waals surface area (Å²) < 4.78 is 0. The van der Waals surface area contributed by atoms with Crippen LogP contribution in [0.3, 0.4) is 0 Å². The minimum absolute atomic E-state index is 0.0923. The van der Waals surface area contributed by atoms with E-state index in [1.54, 1.807) is 0 Å². The molecule has 27 heavy (non-hydrogen) atoms. The fourth-order valence-corrected chi connectivity index (χ4v) is 5.75. The molecular formula is C20H31N5OS. The van der Waals surface area contributed by atoms with Crippen LogP contribution in [0.15, 0.2) is 22.5 Å². The predicted octanol–water partition coefficient (Wildman–Crippen LogP) is 2.06. The number of aliphatic imine (C=N–C) groups is 1. The Morgan fingerprint density at radius 3 is 2.89 bits per heavy atom. The van der Waals surface area contributed by atoms with E-state index in [2.05, 4.69) is 42.9 Å². The summed E-state index contributed by atoms with van der Waals surface area (Å²) >= 11 is 1.85. The maximum absolute atomic E-state index is 11.8.